The van der Waals surface area contributed by atoms with E-state index < -0.39 is 11.9 Å². The lowest BCUT2D eigenvalue weighted by molar-refractivity contribution is -0.140. The number of thiocarbonyl (C=S) groups is 1. The topological polar surface area (TPSA) is 68.3 Å². The number of nitrogens with zero attached hydrogens (tertiary/aromatic N) is 2. The van der Waals surface area contributed by atoms with E-state index in [0.717, 1.165) is 0 Å². The number of methoxy groups -OCH3 is 1. The molecule has 0 bridgehead atoms. The molecule has 1 fully saturated rings. The van der Waals surface area contributed by atoms with Crippen LogP contribution in [0.4, 0.5) is 5.69 Å². The predicted octanol–water partition coefficient (Wildman–Crippen LogP) is 4.66. The van der Waals surface area contributed by atoms with Crippen LogP contribution in [0.1, 0.15) is 12.5 Å². The first kappa shape index (κ1) is 25.6. The number of ether oxygens (including phenoxy) is 3. The molecule has 0 aromatic heterocycles. The minimum absolute atomic E-state index is 0.0643. The molecule has 0 aliphatic carbocycles. The zero-order chi connectivity index (χ0) is 24.8. The van der Waals surface area contributed by atoms with Crippen LogP contribution in [0.3, 0.4) is 0 Å². The van der Waals surface area contributed by atoms with Gasteiger partial charge < -0.3 is 19.1 Å². The number of carbonyl (C=O) groups excluding carboxylic acids is 2. The van der Waals surface area contributed by atoms with Gasteiger partial charge in [-0.2, -0.15) is 0 Å². The molecular weight excluding hydrogens is 544 g/mol. The van der Waals surface area contributed by atoms with Crippen LogP contribution in [0.5, 0.6) is 11.5 Å². The highest BCUT2D eigenvalue weighted by molar-refractivity contribution is 9.10. The van der Waals surface area contributed by atoms with Gasteiger partial charge in [-0.15, -0.1) is 6.42 Å². The van der Waals surface area contributed by atoms with Crippen LogP contribution in [0.15, 0.2) is 46.6 Å². The molecule has 0 saturated carbocycles. The largest absolute Gasteiger partial charge is 0.490 e. The van der Waals surface area contributed by atoms with Crippen LogP contribution >= 0.6 is 39.7 Å². The molecule has 1 aliphatic rings. The summed E-state index contributed by atoms with van der Waals surface area (Å²) in [6.07, 6.45) is 6.92. The van der Waals surface area contributed by atoms with Crippen molar-refractivity contribution in [3.8, 4) is 23.8 Å². The lowest BCUT2D eigenvalue weighted by Crippen LogP contribution is -2.35. The van der Waals surface area contributed by atoms with Gasteiger partial charge in [0.05, 0.1) is 23.9 Å². The molecule has 2 aromatic carbocycles. The van der Waals surface area contributed by atoms with Gasteiger partial charge in [0.25, 0.3) is 5.91 Å². The quantitative estimate of drug-likeness (QED) is 0.200. The predicted molar refractivity (Wildman–Crippen MR) is 138 cm³/mol. The Bertz CT molecular complexity index is 1190. The van der Waals surface area contributed by atoms with Crippen molar-refractivity contribution in [2.45, 2.75) is 6.92 Å². The third-order valence-electron chi connectivity index (χ3n) is 4.67. The van der Waals surface area contributed by atoms with Crippen molar-refractivity contribution in [1.29, 1.82) is 0 Å². The summed E-state index contributed by atoms with van der Waals surface area (Å²) < 4.78 is 16.7. The minimum atomic E-state index is -0.548. The lowest BCUT2D eigenvalue weighted by Gasteiger charge is -2.19. The number of benzene rings is 2. The van der Waals surface area contributed by atoms with Gasteiger partial charge in [0, 0.05) is 5.02 Å². The zero-order valence-corrected chi connectivity index (χ0v) is 21.5. The molecule has 1 aliphatic heterocycles. The van der Waals surface area contributed by atoms with E-state index in [1.807, 2.05) is 6.92 Å². The van der Waals surface area contributed by atoms with Crippen LogP contribution in [0, 0.1) is 12.3 Å². The van der Waals surface area contributed by atoms with E-state index in [1.165, 1.54) is 16.9 Å². The SMILES string of the molecule is C#CCOc1c(Br)cc(/C=C2/C(=O)N(c3ccc(Cl)cc3)C(=S)N2CC(=O)OC)cc1OCC. The van der Waals surface area contributed by atoms with Gasteiger partial charge in [-0.25, -0.2) is 0 Å². The maximum atomic E-state index is 13.4. The number of rotatable bonds is 8. The van der Waals surface area contributed by atoms with Gasteiger partial charge in [-0.05, 0) is 83.1 Å². The van der Waals surface area contributed by atoms with Gasteiger partial charge in [0.1, 0.15) is 18.8 Å². The molecule has 2 aromatic rings. The molecule has 1 heterocycles. The standard InChI is InChI=1S/C24H20BrClN2O5S/c1-4-10-33-22-18(25)11-15(13-20(22)32-5-2)12-19-23(30)28(17-8-6-16(26)7-9-17)24(34)27(19)14-21(29)31-3/h1,6-9,11-13H,5,10,14H2,2-3H3/b19-12-. The minimum Gasteiger partial charge on any atom is -0.490 e. The van der Waals surface area contributed by atoms with E-state index in [0.29, 0.717) is 38.9 Å². The number of carbonyl (C=O) groups is 2. The second-order valence-corrected chi connectivity index (χ2v) is 8.50. The van der Waals surface area contributed by atoms with Crippen molar-refractivity contribution >= 4 is 68.5 Å². The van der Waals surface area contributed by atoms with E-state index >= 15 is 0 Å². The zero-order valence-electron chi connectivity index (χ0n) is 18.3. The summed E-state index contributed by atoms with van der Waals surface area (Å²) in [5.41, 5.74) is 1.33. The van der Waals surface area contributed by atoms with Crippen molar-refractivity contribution in [2.75, 3.05) is 31.8 Å². The average Bonchev–Trinajstić information content (AvgIpc) is 3.03. The van der Waals surface area contributed by atoms with Crippen LogP contribution in [-0.2, 0) is 14.3 Å². The van der Waals surface area contributed by atoms with Gasteiger partial charge in [-0.1, -0.05) is 17.5 Å². The van der Waals surface area contributed by atoms with Crippen molar-refractivity contribution in [3.05, 3.63) is 57.2 Å². The second kappa shape index (κ2) is 11.4. The van der Waals surface area contributed by atoms with E-state index in [4.69, 9.17) is 44.5 Å². The Morgan fingerprint density at radius 3 is 2.59 bits per heavy atom. The van der Waals surface area contributed by atoms with E-state index in [1.54, 1.807) is 42.5 Å². The number of hydrogen-bond acceptors (Lipinski definition) is 6. The van der Waals surface area contributed by atoms with Crippen LogP contribution in [-0.4, -0.2) is 48.8 Å². The fourth-order valence-corrected chi connectivity index (χ4v) is 4.24. The fraction of sp³-hybridized carbons (Fsp3) is 0.208. The summed E-state index contributed by atoms with van der Waals surface area (Å²) in [7, 11) is 1.27. The Kier molecular flexibility index (Phi) is 8.56. The number of hydrogen-bond donors (Lipinski definition) is 0. The number of amides is 1. The summed E-state index contributed by atoms with van der Waals surface area (Å²) in [5, 5.41) is 0.658. The summed E-state index contributed by atoms with van der Waals surface area (Å²) >= 11 is 15.0. The molecular formula is C24H20BrClN2O5S. The molecule has 7 nitrogen and oxygen atoms in total. The first-order chi connectivity index (χ1) is 16.3. The van der Waals surface area contributed by atoms with Gasteiger partial charge in [-0.3, -0.25) is 14.5 Å². The molecule has 1 saturated heterocycles. The van der Waals surface area contributed by atoms with Crippen molar-refractivity contribution in [1.82, 2.24) is 4.90 Å². The first-order valence-corrected chi connectivity index (χ1v) is 11.6. The molecule has 0 unspecified atom stereocenters. The molecule has 3 rings (SSSR count). The Labute approximate surface area is 216 Å². The number of terminal acetylenes is 1. The molecule has 0 atom stereocenters. The van der Waals surface area contributed by atoms with Crippen molar-refractivity contribution < 1.29 is 23.8 Å². The summed E-state index contributed by atoms with van der Waals surface area (Å²) in [6, 6.07) is 10.1. The normalized spacial score (nSPS) is 14.4. The van der Waals surface area contributed by atoms with E-state index in [9.17, 15) is 9.59 Å². The number of esters is 1. The van der Waals surface area contributed by atoms with Gasteiger partial charge >= 0.3 is 5.97 Å². The molecule has 0 N–H and O–H groups in total. The highest BCUT2D eigenvalue weighted by Crippen LogP contribution is 2.38. The highest BCUT2D eigenvalue weighted by Gasteiger charge is 2.40. The smallest absolute Gasteiger partial charge is 0.325 e. The summed E-state index contributed by atoms with van der Waals surface area (Å²) in [4.78, 5) is 28.3. The second-order valence-electron chi connectivity index (χ2n) is 6.85. The molecule has 0 radical (unpaired) electrons. The monoisotopic (exact) mass is 562 g/mol. The average molecular weight is 564 g/mol. The first-order valence-electron chi connectivity index (χ1n) is 10.0. The summed E-state index contributed by atoms with van der Waals surface area (Å²) in [6.45, 7) is 2.06. The maximum Gasteiger partial charge on any atom is 0.325 e. The third kappa shape index (κ3) is 5.53. The van der Waals surface area contributed by atoms with E-state index in [2.05, 4.69) is 21.9 Å². The van der Waals surface area contributed by atoms with Crippen LogP contribution in [0.25, 0.3) is 6.08 Å². The van der Waals surface area contributed by atoms with E-state index in [-0.39, 0.29) is 24.0 Å². The maximum absolute atomic E-state index is 13.4. The van der Waals surface area contributed by atoms with Gasteiger partial charge in [0.15, 0.2) is 16.6 Å². The summed E-state index contributed by atoms with van der Waals surface area (Å²) in [5.74, 6) is 2.36. The van der Waals surface area contributed by atoms with Crippen molar-refractivity contribution in [3.63, 3.8) is 0 Å². The Morgan fingerprint density at radius 2 is 1.97 bits per heavy atom. The number of halogens is 2. The molecule has 0 spiro atoms. The Morgan fingerprint density at radius 1 is 1.26 bits per heavy atom. The van der Waals surface area contributed by atoms with Crippen LogP contribution in [0.2, 0.25) is 5.02 Å². The van der Waals surface area contributed by atoms with Crippen LogP contribution < -0.4 is 14.4 Å². The van der Waals surface area contributed by atoms with Crippen molar-refractivity contribution in [2.24, 2.45) is 0 Å². The third-order valence-corrected chi connectivity index (χ3v) is 5.91. The molecule has 1 amide bonds. The molecule has 34 heavy (non-hydrogen) atoms. The fourth-order valence-electron chi connectivity index (χ4n) is 3.19. The highest BCUT2D eigenvalue weighted by atomic mass is 79.9. The Balaban J connectivity index is 2.08. The number of anilines is 1. The molecule has 176 valence electrons. The Hall–Kier alpha value is -3.06. The molecule has 10 heteroatoms. The lowest BCUT2D eigenvalue weighted by atomic mass is 10.1. The van der Waals surface area contributed by atoms with Gasteiger partial charge in [0.2, 0.25) is 0 Å².